The van der Waals surface area contributed by atoms with Gasteiger partial charge in [-0.2, -0.15) is 0 Å². The normalized spacial score (nSPS) is 8.08. The lowest BCUT2D eigenvalue weighted by Crippen LogP contribution is -1.73. The van der Waals surface area contributed by atoms with Crippen LogP contribution in [0.2, 0.25) is 0 Å². The molecule has 0 heterocycles. The molecule has 0 unspecified atom stereocenters. The Kier molecular flexibility index (Phi) is 7.70. The summed E-state index contributed by atoms with van der Waals surface area (Å²) in [7, 11) is 0. The van der Waals surface area contributed by atoms with Gasteiger partial charge in [-0.1, -0.05) is 37.3 Å². The van der Waals surface area contributed by atoms with Gasteiger partial charge in [0, 0.05) is 12.0 Å². The number of hydrogen-bond acceptors (Lipinski definition) is 2. The van der Waals surface area contributed by atoms with Gasteiger partial charge < -0.3 is 4.79 Å². The van der Waals surface area contributed by atoms with E-state index in [0.717, 1.165) is 24.6 Å². The maximum absolute atomic E-state index is 10.0. The number of benzene rings is 1. The lowest BCUT2D eigenvalue weighted by atomic mass is 10.2. The SMILES string of the molecule is CCCC=O.O=Cc1ccccc1. The Morgan fingerprint density at radius 2 is 1.77 bits per heavy atom. The molecule has 0 aliphatic rings. The van der Waals surface area contributed by atoms with E-state index in [4.69, 9.17) is 0 Å². The molecule has 1 aromatic carbocycles. The fraction of sp³-hybridized carbons (Fsp3) is 0.273. The number of aldehydes is 2. The highest BCUT2D eigenvalue weighted by Crippen LogP contribution is 1.91. The van der Waals surface area contributed by atoms with Gasteiger partial charge in [-0.25, -0.2) is 0 Å². The van der Waals surface area contributed by atoms with E-state index in [0.29, 0.717) is 6.42 Å². The number of hydrogen-bond donors (Lipinski definition) is 0. The van der Waals surface area contributed by atoms with Gasteiger partial charge in [-0.15, -0.1) is 0 Å². The average Bonchev–Trinajstić information content (AvgIpc) is 2.21. The molecule has 0 fully saturated rings. The van der Waals surface area contributed by atoms with E-state index < -0.39 is 0 Å². The Balaban J connectivity index is 0.000000252. The van der Waals surface area contributed by atoms with Crippen molar-refractivity contribution >= 4 is 12.6 Å². The molecule has 2 heteroatoms. The van der Waals surface area contributed by atoms with Gasteiger partial charge in [0.2, 0.25) is 0 Å². The maximum atomic E-state index is 10.0. The van der Waals surface area contributed by atoms with Crippen LogP contribution in [0.25, 0.3) is 0 Å². The summed E-state index contributed by atoms with van der Waals surface area (Å²) in [5.74, 6) is 0. The summed E-state index contributed by atoms with van der Waals surface area (Å²) in [5, 5.41) is 0. The molecule has 0 bridgehead atoms. The van der Waals surface area contributed by atoms with Gasteiger partial charge in [-0.3, -0.25) is 4.79 Å². The Morgan fingerprint density at radius 1 is 1.15 bits per heavy atom. The lowest BCUT2D eigenvalue weighted by molar-refractivity contribution is -0.107. The van der Waals surface area contributed by atoms with Gasteiger partial charge >= 0.3 is 0 Å². The van der Waals surface area contributed by atoms with Crippen LogP contribution in [0, 0.1) is 0 Å². The standard InChI is InChI=1S/C7H6O.C4H8O/c8-6-7-4-2-1-3-5-7;1-2-3-4-5/h1-6H;4H,2-3H2,1H3. The van der Waals surface area contributed by atoms with Crippen molar-refractivity contribution in [3.63, 3.8) is 0 Å². The fourth-order valence-electron chi connectivity index (χ4n) is 0.649. The quantitative estimate of drug-likeness (QED) is 0.666. The zero-order valence-corrected chi connectivity index (χ0v) is 7.77. The van der Waals surface area contributed by atoms with Crippen LogP contribution in [0.5, 0.6) is 0 Å². The van der Waals surface area contributed by atoms with E-state index in [-0.39, 0.29) is 0 Å². The predicted molar refractivity (Wildman–Crippen MR) is 52.8 cm³/mol. The highest BCUT2D eigenvalue weighted by molar-refractivity contribution is 5.74. The summed E-state index contributed by atoms with van der Waals surface area (Å²) >= 11 is 0. The van der Waals surface area contributed by atoms with Crippen LogP contribution in [0.15, 0.2) is 30.3 Å². The van der Waals surface area contributed by atoms with Gasteiger partial charge in [0.15, 0.2) is 0 Å². The second-order valence-corrected chi connectivity index (χ2v) is 2.48. The molecule has 2 nitrogen and oxygen atoms in total. The van der Waals surface area contributed by atoms with Crippen LogP contribution in [0.1, 0.15) is 30.1 Å². The van der Waals surface area contributed by atoms with Crippen LogP contribution >= 0.6 is 0 Å². The van der Waals surface area contributed by atoms with E-state index >= 15 is 0 Å². The summed E-state index contributed by atoms with van der Waals surface area (Å²) in [6, 6.07) is 9.10. The molecule has 0 radical (unpaired) electrons. The third-order valence-electron chi connectivity index (χ3n) is 1.34. The van der Waals surface area contributed by atoms with Gasteiger partial charge in [-0.05, 0) is 6.42 Å². The molecular formula is C11H14O2. The van der Waals surface area contributed by atoms with Crippen LogP contribution < -0.4 is 0 Å². The van der Waals surface area contributed by atoms with Crippen molar-refractivity contribution in [2.24, 2.45) is 0 Å². The Labute approximate surface area is 78.6 Å². The van der Waals surface area contributed by atoms with Crippen molar-refractivity contribution in [2.45, 2.75) is 19.8 Å². The Morgan fingerprint density at radius 3 is 2.00 bits per heavy atom. The van der Waals surface area contributed by atoms with Gasteiger partial charge in [0.1, 0.15) is 12.6 Å². The van der Waals surface area contributed by atoms with Crippen LogP contribution in [0.3, 0.4) is 0 Å². The van der Waals surface area contributed by atoms with Crippen molar-refractivity contribution < 1.29 is 9.59 Å². The van der Waals surface area contributed by atoms with Crippen molar-refractivity contribution in [1.29, 1.82) is 0 Å². The fourth-order valence-corrected chi connectivity index (χ4v) is 0.649. The van der Waals surface area contributed by atoms with Crippen molar-refractivity contribution in [2.75, 3.05) is 0 Å². The molecule has 0 N–H and O–H groups in total. The molecule has 0 saturated heterocycles. The minimum Gasteiger partial charge on any atom is -0.303 e. The summed E-state index contributed by atoms with van der Waals surface area (Å²) in [6.07, 6.45) is 3.45. The van der Waals surface area contributed by atoms with Crippen LogP contribution in [-0.2, 0) is 4.79 Å². The lowest BCUT2D eigenvalue weighted by Gasteiger charge is -1.81. The van der Waals surface area contributed by atoms with Gasteiger partial charge in [0.05, 0.1) is 0 Å². The van der Waals surface area contributed by atoms with E-state index in [1.165, 1.54) is 0 Å². The number of unbranched alkanes of at least 4 members (excludes halogenated alkanes) is 1. The second-order valence-electron chi connectivity index (χ2n) is 2.48. The van der Waals surface area contributed by atoms with E-state index in [9.17, 15) is 9.59 Å². The molecule has 70 valence electrons. The largest absolute Gasteiger partial charge is 0.303 e. The zero-order chi connectivity index (χ0) is 9.94. The Hall–Kier alpha value is -1.44. The third kappa shape index (κ3) is 6.94. The summed E-state index contributed by atoms with van der Waals surface area (Å²) in [5.41, 5.74) is 0.729. The summed E-state index contributed by atoms with van der Waals surface area (Å²) < 4.78 is 0. The first kappa shape index (κ1) is 11.6. The highest BCUT2D eigenvalue weighted by Gasteiger charge is 1.79. The highest BCUT2D eigenvalue weighted by atomic mass is 16.1. The average molecular weight is 178 g/mol. The van der Waals surface area contributed by atoms with E-state index in [1.807, 2.05) is 25.1 Å². The first-order chi connectivity index (χ1) is 6.35. The second kappa shape index (κ2) is 8.65. The molecule has 0 aliphatic carbocycles. The van der Waals surface area contributed by atoms with Crippen LogP contribution in [-0.4, -0.2) is 12.6 Å². The van der Waals surface area contributed by atoms with Crippen molar-refractivity contribution in [3.05, 3.63) is 35.9 Å². The van der Waals surface area contributed by atoms with Gasteiger partial charge in [0.25, 0.3) is 0 Å². The van der Waals surface area contributed by atoms with Crippen molar-refractivity contribution in [1.82, 2.24) is 0 Å². The molecule has 0 spiro atoms. The smallest absolute Gasteiger partial charge is 0.150 e. The molecule has 0 atom stereocenters. The topological polar surface area (TPSA) is 34.1 Å². The third-order valence-corrected chi connectivity index (χ3v) is 1.34. The summed E-state index contributed by atoms with van der Waals surface area (Å²) in [6.45, 7) is 1.98. The molecular weight excluding hydrogens is 164 g/mol. The number of carbonyl (C=O) groups excluding carboxylic acids is 2. The molecule has 0 aliphatic heterocycles. The monoisotopic (exact) mass is 178 g/mol. The van der Waals surface area contributed by atoms with Crippen molar-refractivity contribution in [3.8, 4) is 0 Å². The zero-order valence-electron chi connectivity index (χ0n) is 7.77. The van der Waals surface area contributed by atoms with E-state index in [2.05, 4.69) is 0 Å². The summed E-state index contributed by atoms with van der Waals surface area (Å²) in [4.78, 5) is 19.4. The minimum atomic E-state index is 0.708. The number of rotatable bonds is 3. The van der Waals surface area contributed by atoms with E-state index in [1.54, 1.807) is 12.1 Å². The first-order valence-corrected chi connectivity index (χ1v) is 4.29. The molecule has 0 saturated carbocycles. The molecule has 0 amide bonds. The molecule has 1 aromatic rings. The molecule has 1 rings (SSSR count). The first-order valence-electron chi connectivity index (χ1n) is 4.29. The maximum Gasteiger partial charge on any atom is 0.150 e. The molecule has 13 heavy (non-hydrogen) atoms. The number of carbonyl (C=O) groups is 2. The van der Waals surface area contributed by atoms with Crippen LogP contribution in [0.4, 0.5) is 0 Å². The Bertz CT molecular complexity index is 229. The predicted octanol–water partition coefficient (Wildman–Crippen LogP) is 2.48. The minimum absolute atomic E-state index is 0.708. The molecule has 0 aromatic heterocycles.